The molecule has 6 heteroatoms. The first-order valence-electron chi connectivity index (χ1n) is 8.04. The normalized spacial score (nSPS) is 14.5. The zero-order valence-electron chi connectivity index (χ0n) is 14.0. The van der Waals surface area contributed by atoms with Gasteiger partial charge in [-0.3, -0.25) is 0 Å². The van der Waals surface area contributed by atoms with Crippen LogP contribution in [0.25, 0.3) is 0 Å². The van der Waals surface area contributed by atoms with Crippen molar-refractivity contribution in [3.63, 3.8) is 0 Å². The van der Waals surface area contributed by atoms with Gasteiger partial charge >= 0.3 is 29.6 Å². The van der Waals surface area contributed by atoms with Gasteiger partial charge in [0, 0.05) is 5.25 Å². The summed E-state index contributed by atoms with van der Waals surface area (Å²) in [6.45, 7) is 4.10. The maximum absolute atomic E-state index is 11.2. The first kappa shape index (κ1) is 24.1. The van der Waals surface area contributed by atoms with E-state index in [4.69, 9.17) is 0 Å². The molecule has 2 unspecified atom stereocenters. The fourth-order valence-electron chi connectivity index (χ4n) is 2.46. The van der Waals surface area contributed by atoms with E-state index in [2.05, 4.69) is 6.92 Å². The van der Waals surface area contributed by atoms with Crippen molar-refractivity contribution in [1.29, 1.82) is 0 Å². The molecule has 0 saturated heterocycles. The van der Waals surface area contributed by atoms with E-state index in [0.29, 0.717) is 12.8 Å². The van der Waals surface area contributed by atoms with Gasteiger partial charge in [0.25, 0.3) is 0 Å². The van der Waals surface area contributed by atoms with Crippen molar-refractivity contribution in [2.45, 2.75) is 95.8 Å². The molecule has 4 nitrogen and oxygen atoms in total. The molecule has 1 N–H and O–H groups in total. The summed E-state index contributed by atoms with van der Waals surface area (Å²) in [6, 6.07) is 0. The van der Waals surface area contributed by atoms with Gasteiger partial charge in [-0.25, -0.2) is 8.42 Å². The van der Waals surface area contributed by atoms with Crippen LogP contribution in [0.15, 0.2) is 0 Å². The van der Waals surface area contributed by atoms with E-state index in [0.717, 1.165) is 57.8 Å². The summed E-state index contributed by atoms with van der Waals surface area (Å²) in [7, 11) is -4.16. The standard InChI is InChI=1S/C15H32O4S.Na/c1-3-5-7-12-15(20(17,18)19)13-9-6-8-11-14(16)10-4-2;/h14-16H,3-13H2,1-2H3,(H,17,18,19);/q;+1/p-1. The van der Waals surface area contributed by atoms with E-state index in [-0.39, 0.29) is 35.7 Å². The molecule has 0 aliphatic heterocycles. The summed E-state index contributed by atoms with van der Waals surface area (Å²) in [6.07, 6.45) is 8.70. The summed E-state index contributed by atoms with van der Waals surface area (Å²) in [5, 5.41) is 8.87. The Bertz CT molecular complexity index is 320. The molecule has 0 bridgehead atoms. The van der Waals surface area contributed by atoms with Crippen molar-refractivity contribution >= 4 is 10.1 Å². The monoisotopic (exact) mass is 330 g/mol. The number of hydrogen-bond acceptors (Lipinski definition) is 4. The quantitative estimate of drug-likeness (QED) is 0.305. The Hall–Kier alpha value is 0.870. The maximum atomic E-state index is 11.2. The summed E-state index contributed by atoms with van der Waals surface area (Å²) in [4.78, 5) is 0. The Morgan fingerprint density at radius 1 is 0.857 bits per heavy atom. The van der Waals surface area contributed by atoms with Crippen molar-refractivity contribution < 1.29 is 47.6 Å². The van der Waals surface area contributed by atoms with Crippen LogP contribution in [0.2, 0.25) is 0 Å². The first-order chi connectivity index (χ1) is 9.41. The van der Waals surface area contributed by atoms with Crippen molar-refractivity contribution in [3.8, 4) is 0 Å². The number of unbranched alkanes of at least 4 members (excludes halogenated alkanes) is 4. The Labute approximate surface area is 153 Å². The molecular weight excluding hydrogens is 299 g/mol. The van der Waals surface area contributed by atoms with Crippen LogP contribution in [0, 0.1) is 0 Å². The second-order valence-corrected chi connectivity index (χ2v) is 7.34. The molecule has 0 radical (unpaired) electrons. The summed E-state index contributed by atoms with van der Waals surface area (Å²) in [5.41, 5.74) is 0. The largest absolute Gasteiger partial charge is 1.00 e. The summed E-state index contributed by atoms with van der Waals surface area (Å²) < 4.78 is 33.6. The van der Waals surface area contributed by atoms with Gasteiger partial charge in [0.1, 0.15) is 0 Å². The predicted molar refractivity (Wildman–Crippen MR) is 81.6 cm³/mol. The third-order valence-corrected chi connectivity index (χ3v) is 5.01. The zero-order chi connectivity index (χ0) is 15.4. The van der Waals surface area contributed by atoms with Gasteiger partial charge in [-0.05, 0) is 25.7 Å². The van der Waals surface area contributed by atoms with Crippen LogP contribution >= 0.6 is 0 Å². The van der Waals surface area contributed by atoms with Gasteiger partial charge in [-0.1, -0.05) is 58.8 Å². The molecule has 0 spiro atoms. The van der Waals surface area contributed by atoms with Crippen molar-refractivity contribution in [2.24, 2.45) is 0 Å². The minimum atomic E-state index is -4.16. The van der Waals surface area contributed by atoms with Gasteiger partial charge in [-0.2, -0.15) is 0 Å². The van der Waals surface area contributed by atoms with Crippen LogP contribution in [0.1, 0.15) is 84.5 Å². The smallest absolute Gasteiger partial charge is 0.748 e. The average molecular weight is 330 g/mol. The molecule has 0 aliphatic rings. The maximum Gasteiger partial charge on any atom is 1.00 e. The number of rotatable bonds is 13. The minimum Gasteiger partial charge on any atom is -0.748 e. The molecule has 0 aromatic rings. The van der Waals surface area contributed by atoms with E-state index >= 15 is 0 Å². The molecule has 0 aliphatic carbocycles. The average Bonchev–Trinajstić information content (AvgIpc) is 2.35. The first-order valence-corrected chi connectivity index (χ1v) is 9.51. The van der Waals surface area contributed by atoms with E-state index in [1.807, 2.05) is 6.92 Å². The third-order valence-electron chi connectivity index (χ3n) is 3.72. The van der Waals surface area contributed by atoms with E-state index in [1.54, 1.807) is 0 Å². The van der Waals surface area contributed by atoms with Crippen LogP contribution in [-0.2, 0) is 10.1 Å². The SMILES string of the molecule is CCCCCC(CCCCCC(O)CCC)S(=O)(=O)[O-].[Na+]. The van der Waals surface area contributed by atoms with Crippen LogP contribution in [-0.4, -0.2) is 29.4 Å². The van der Waals surface area contributed by atoms with Gasteiger partial charge < -0.3 is 9.66 Å². The number of hydrogen-bond donors (Lipinski definition) is 1. The van der Waals surface area contributed by atoms with E-state index in [1.165, 1.54) is 0 Å². The van der Waals surface area contributed by atoms with Gasteiger partial charge in [0.15, 0.2) is 0 Å². The van der Waals surface area contributed by atoms with E-state index < -0.39 is 15.4 Å². The summed E-state index contributed by atoms with van der Waals surface area (Å²) >= 11 is 0. The van der Waals surface area contributed by atoms with Gasteiger partial charge in [0.2, 0.25) is 0 Å². The van der Waals surface area contributed by atoms with E-state index in [9.17, 15) is 18.1 Å². The van der Waals surface area contributed by atoms with Gasteiger partial charge in [0.05, 0.1) is 16.2 Å². The van der Waals surface area contributed by atoms with Crippen LogP contribution < -0.4 is 29.6 Å². The number of aliphatic hydroxyl groups is 1. The molecule has 0 heterocycles. The molecule has 21 heavy (non-hydrogen) atoms. The van der Waals surface area contributed by atoms with Crippen LogP contribution in [0.3, 0.4) is 0 Å². The van der Waals surface area contributed by atoms with Crippen molar-refractivity contribution in [2.75, 3.05) is 0 Å². The molecule has 0 saturated carbocycles. The third kappa shape index (κ3) is 14.2. The second-order valence-electron chi connectivity index (χ2n) is 5.69. The Kier molecular flexibility index (Phi) is 16.6. The molecule has 122 valence electrons. The number of aliphatic hydroxyl groups excluding tert-OH is 1. The minimum absolute atomic E-state index is 0. The molecule has 0 fully saturated rings. The molecular formula is C15H31NaO4S. The Morgan fingerprint density at radius 3 is 1.86 bits per heavy atom. The Morgan fingerprint density at radius 2 is 1.38 bits per heavy atom. The van der Waals surface area contributed by atoms with Crippen LogP contribution in [0.4, 0.5) is 0 Å². The molecule has 0 aromatic carbocycles. The molecule has 0 rings (SSSR count). The van der Waals surface area contributed by atoms with Crippen LogP contribution in [0.5, 0.6) is 0 Å². The van der Waals surface area contributed by atoms with Gasteiger partial charge in [-0.15, -0.1) is 0 Å². The summed E-state index contributed by atoms with van der Waals surface area (Å²) in [5.74, 6) is 0. The zero-order valence-corrected chi connectivity index (χ0v) is 16.8. The topological polar surface area (TPSA) is 77.4 Å². The Balaban J connectivity index is 0. The second kappa shape index (κ2) is 14.5. The molecule has 0 aromatic heterocycles. The van der Waals surface area contributed by atoms with Crippen molar-refractivity contribution in [3.05, 3.63) is 0 Å². The molecule has 2 atom stereocenters. The van der Waals surface area contributed by atoms with Crippen molar-refractivity contribution in [1.82, 2.24) is 0 Å². The fraction of sp³-hybridized carbons (Fsp3) is 1.00. The molecule has 0 amide bonds. The fourth-order valence-corrected chi connectivity index (χ4v) is 3.37. The predicted octanol–water partition coefficient (Wildman–Crippen LogP) is 0.596.